The molecule has 0 bridgehead atoms. The maximum Gasteiger partial charge on any atom is 0.347 e. The minimum absolute atomic E-state index is 0.480. The van der Waals surface area contributed by atoms with Gasteiger partial charge in [-0.3, -0.25) is 0 Å². The molecular weight excluding hydrogens is 288 g/mol. The van der Waals surface area contributed by atoms with E-state index in [4.69, 9.17) is 10.2 Å². The lowest BCUT2D eigenvalue weighted by atomic mass is 10.3. The molecule has 0 radical (unpaired) electrons. The van der Waals surface area contributed by atoms with Crippen LogP contribution in [-0.2, 0) is 33.4 Å². The van der Waals surface area contributed by atoms with Gasteiger partial charge in [-0.25, -0.2) is 19.2 Å². The number of rotatable bonds is 2. The van der Waals surface area contributed by atoms with Gasteiger partial charge in [-0.05, 0) is 13.8 Å². The SMILES string of the molecule is C1CO1.CC1OC(=O)C(C)OC1=O.O=C(O)/C=C/C(=O)O. The molecule has 2 atom stereocenters. The molecule has 9 heteroatoms. The van der Waals surface area contributed by atoms with Gasteiger partial charge in [-0.1, -0.05) is 0 Å². The van der Waals surface area contributed by atoms with Crippen molar-refractivity contribution in [2.45, 2.75) is 26.1 Å². The quantitative estimate of drug-likeness (QED) is 0.395. The first kappa shape index (κ1) is 18.6. The van der Waals surface area contributed by atoms with E-state index < -0.39 is 36.1 Å². The van der Waals surface area contributed by atoms with Gasteiger partial charge in [0.05, 0.1) is 13.2 Å². The minimum atomic E-state index is -1.26. The summed E-state index contributed by atoms with van der Waals surface area (Å²) in [7, 11) is 0. The Morgan fingerprint density at radius 3 is 1.43 bits per heavy atom. The van der Waals surface area contributed by atoms with Crippen LogP contribution in [0, 0.1) is 0 Å². The van der Waals surface area contributed by atoms with Crippen molar-refractivity contribution in [2.24, 2.45) is 0 Å². The van der Waals surface area contributed by atoms with Crippen LogP contribution in [0.4, 0.5) is 0 Å². The van der Waals surface area contributed by atoms with Gasteiger partial charge < -0.3 is 24.4 Å². The van der Waals surface area contributed by atoms with Crippen LogP contribution in [0.2, 0.25) is 0 Å². The highest BCUT2D eigenvalue weighted by Gasteiger charge is 2.32. The number of carbonyl (C=O) groups is 4. The fourth-order valence-corrected chi connectivity index (χ4v) is 0.779. The Hall–Kier alpha value is -2.42. The molecule has 0 aromatic heterocycles. The van der Waals surface area contributed by atoms with Gasteiger partial charge in [-0.2, -0.15) is 0 Å². The lowest BCUT2D eigenvalue weighted by Gasteiger charge is -2.22. The third kappa shape index (κ3) is 11.1. The van der Waals surface area contributed by atoms with Crippen molar-refractivity contribution in [3.63, 3.8) is 0 Å². The van der Waals surface area contributed by atoms with Crippen LogP contribution in [0.3, 0.4) is 0 Å². The molecule has 0 spiro atoms. The van der Waals surface area contributed by atoms with Crippen molar-refractivity contribution in [3.05, 3.63) is 12.2 Å². The number of ether oxygens (including phenoxy) is 3. The summed E-state index contributed by atoms with van der Waals surface area (Å²) >= 11 is 0. The Morgan fingerprint density at radius 2 is 1.24 bits per heavy atom. The Kier molecular flexibility index (Phi) is 8.39. The first-order valence-corrected chi connectivity index (χ1v) is 5.86. The van der Waals surface area contributed by atoms with E-state index in [0.29, 0.717) is 12.2 Å². The van der Waals surface area contributed by atoms with Gasteiger partial charge in [0.1, 0.15) is 0 Å². The number of cyclic esters (lactones) is 2. The van der Waals surface area contributed by atoms with E-state index in [2.05, 4.69) is 14.2 Å². The van der Waals surface area contributed by atoms with Gasteiger partial charge >= 0.3 is 23.9 Å². The fourth-order valence-electron chi connectivity index (χ4n) is 0.779. The van der Waals surface area contributed by atoms with Crippen LogP contribution in [0.1, 0.15) is 13.8 Å². The van der Waals surface area contributed by atoms with Crippen LogP contribution in [0.5, 0.6) is 0 Å². The molecule has 0 aromatic carbocycles. The number of carboxylic acids is 2. The zero-order valence-corrected chi connectivity index (χ0v) is 11.5. The second-order valence-corrected chi connectivity index (χ2v) is 3.78. The molecule has 2 heterocycles. The monoisotopic (exact) mass is 304 g/mol. The van der Waals surface area contributed by atoms with E-state index in [1.54, 1.807) is 0 Å². The maximum atomic E-state index is 10.7. The summed E-state index contributed by atoms with van der Waals surface area (Å²) in [5.41, 5.74) is 0. The molecule has 0 aromatic rings. The first-order chi connectivity index (χ1) is 9.73. The molecule has 9 nitrogen and oxygen atoms in total. The Balaban J connectivity index is 0.000000323. The summed E-state index contributed by atoms with van der Waals surface area (Å²) in [4.78, 5) is 40.4. The number of esters is 2. The van der Waals surface area contributed by atoms with Crippen LogP contribution in [-0.4, -0.2) is 59.5 Å². The highest BCUT2D eigenvalue weighted by molar-refractivity contribution is 5.89. The molecule has 0 saturated carbocycles. The van der Waals surface area contributed by atoms with Crippen LogP contribution in [0.25, 0.3) is 0 Å². The smallest absolute Gasteiger partial charge is 0.347 e. The third-order valence-electron chi connectivity index (χ3n) is 1.82. The standard InChI is InChI=1S/C6H8O4.C4H4O4.C2H4O/c1-3-5(7)10-4(2)6(8)9-3;5-3(6)1-2-4(7)8;1-2-3-1/h3-4H,1-2H3;1-2H,(H,5,6)(H,7,8);1-2H2/b;2-1+;. The van der Waals surface area contributed by atoms with Crippen LogP contribution >= 0.6 is 0 Å². The summed E-state index contributed by atoms with van der Waals surface area (Å²) < 4.78 is 13.7. The Bertz CT molecular complexity index is 386. The normalized spacial score (nSPS) is 22.8. The van der Waals surface area contributed by atoms with Crippen molar-refractivity contribution in [3.8, 4) is 0 Å². The zero-order chi connectivity index (χ0) is 16.4. The van der Waals surface area contributed by atoms with E-state index in [9.17, 15) is 19.2 Å². The molecular formula is C12H16O9. The molecule has 0 aliphatic carbocycles. The van der Waals surface area contributed by atoms with E-state index in [1.807, 2.05) is 0 Å². The average Bonchev–Trinajstić information content (AvgIpc) is 3.23. The maximum absolute atomic E-state index is 10.7. The number of hydrogen-bond acceptors (Lipinski definition) is 7. The number of carbonyl (C=O) groups excluding carboxylic acids is 2. The van der Waals surface area contributed by atoms with Crippen molar-refractivity contribution < 1.29 is 43.6 Å². The van der Waals surface area contributed by atoms with Gasteiger partial charge in [0.2, 0.25) is 0 Å². The number of aliphatic carboxylic acids is 2. The van der Waals surface area contributed by atoms with Crippen molar-refractivity contribution in [1.82, 2.24) is 0 Å². The second kappa shape index (κ2) is 9.48. The molecule has 2 unspecified atom stereocenters. The Morgan fingerprint density at radius 1 is 0.952 bits per heavy atom. The predicted octanol–water partition coefficient (Wildman–Crippen LogP) is -0.408. The average molecular weight is 304 g/mol. The lowest BCUT2D eigenvalue weighted by molar-refractivity contribution is -0.191. The first-order valence-electron chi connectivity index (χ1n) is 5.86. The molecule has 2 N–H and O–H groups in total. The molecule has 2 fully saturated rings. The third-order valence-corrected chi connectivity index (χ3v) is 1.82. The Labute approximate surface area is 120 Å². The van der Waals surface area contributed by atoms with Gasteiger partial charge in [0.25, 0.3) is 0 Å². The van der Waals surface area contributed by atoms with Gasteiger partial charge in [-0.15, -0.1) is 0 Å². The second-order valence-electron chi connectivity index (χ2n) is 3.78. The number of epoxide rings is 1. The topological polar surface area (TPSA) is 140 Å². The summed E-state index contributed by atoms with van der Waals surface area (Å²) in [5.74, 6) is -3.47. The largest absolute Gasteiger partial charge is 0.478 e. The van der Waals surface area contributed by atoms with E-state index in [1.165, 1.54) is 13.8 Å². The summed E-state index contributed by atoms with van der Waals surface area (Å²) in [5, 5.41) is 15.6. The molecule has 21 heavy (non-hydrogen) atoms. The van der Waals surface area contributed by atoms with E-state index >= 15 is 0 Å². The van der Waals surface area contributed by atoms with Crippen molar-refractivity contribution in [1.29, 1.82) is 0 Å². The molecule has 2 saturated heterocycles. The zero-order valence-electron chi connectivity index (χ0n) is 11.5. The van der Waals surface area contributed by atoms with Gasteiger partial charge in [0, 0.05) is 12.2 Å². The molecule has 118 valence electrons. The van der Waals surface area contributed by atoms with Crippen molar-refractivity contribution >= 4 is 23.9 Å². The highest BCUT2D eigenvalue weighted by atomic mass is 16.6. The minimum Gasteiger partial charge on any atom is -0.478 e. The fraction of sp³-hybridized carbons (Fsp3) is 0.500. The molecule has 2 aliphatic rings. The highest BCUT2D eigenvalue weighted by Crippen LogP contribution is 2.08. The molecule has 2 aliphatic heterocycles. The summed E-state index contributed by atoms with van der Waals surface area (Å²) in [6.07, 6.45) is -0.377. The predicted molar refractivity (Wildman–Crippen MR) is 66.3 cm³/mol. The van der Waals surface area contributed by atoms with E-state index in [0.717, 1.165) is 13.2 Å². The molecule has 0 amide bonds. The van der Waals surface area contributed by atoms with Crippen molar-refractivity contribution in [2.75, 3.05) is 13.2 Å². The lowest BCUT2D eigenvalue weighted by Crippen LogP contribution is -2.40. The van der Waals surface area contributed by atoms with Crippen LogP contribution < -0.4 is 0 Å². The van der Waals surface area contributed by atoms with E-state index in [-0.39, 0.29) is 0 Å². The van der Waals surface area contributed by atoms with Crippen LogP contribution in [0.15, 0.2) is 12.2 Å². The van der Waals surface area contributed by atoms with Gasteiger partial charge in [0.15, 0.2) is 12.2 Å². The summed E-state index contributed by atoms with van der Waals surface area (Å²) in [6, 6.07) is 0. The number of carboxylic acid groups (broad SMARTS) is 2. The molecule has 2 rings (SSSR count). The summed E-state index contributed by atoms with van der Waals surface area (Å²) in [6.45, 7) is 4.96. The number of hydrogen-bond donors (Lipinski definition) is 2.